The Morgan fingerprint density at radius 3 is 2.42 bits per heavy atom. The zero-order valence-corrected chi connectivity index (χ0v) is 15.4. The number of anilines is 3. The summed E-state index contributed by atoms with van der Waals surface area (Å²) in [4.78, 5) is 24.5. The third-order valence-corrected chi connectivity index (χ3v) is 4.99. The average molecular weight is 352 g/mol. The van der Waals surface area contributed by atoms with Crippen molar-refractivity contribution in [2.24, 2.45) is 0 Å². The molecule has 0 spiro atoms. The van der Waals surface area contributed by atoms with Gasteiger partial charge in [0.2, 0.25) is 5.95 Å². The van der Waals surface area contributed by atoms with Gasteiger partial charge in [-0.2, -0.15) is 4.98 Å². The second-order valence-electron chi connectivity index (χ2n) is 6.85. The molecule has 26 heavy (non-hydrogen) atoms. The molecule has 0 N–H and O–H groups in total. The Labute approximate surface area is 153 Å². The Bertz CT molecular complexity index is 882. The molecule has 1 aliphatic heterocycles. The number of piperidine rings is 1. The minimum absolute atomic E-state index is 0.454. The van der Waals surface area contributed by atoms with Crippen molar-refractivity contribution in [2.75, 3.05) is 48.9 Å². The lowest BCUT2D eigenvalue weighted by Crippen LogP contribution is -2.44. The maximum atomic E-state index is 4.66. The van der Waals surface area contributed by atoms with Crippen LogP contribution in [0.25, 0.3) is 5.65 Å². The van der Waals surface area contributed by atoms with Crippen molar-refractivity contribution >= 4 is 23.2 Å². The van der Waals surface area contributed by atoms with Gasteiger partial charge in [-0.05, 0) is 18.9 Å². The number of nitrogens with zero attached hydrogens (tertiary/aromatic N) is 8. The van der Waals surface area contributed by atoms with Crippen molar-refractivity contribution in [2.45, 2.75) is 18.9 Å². The molecule has 0 amide bonds. The lowest BCUT2D eigenvalue weighted by molar-refractivity contribution is 0.478. The summed E-state index contributed by atoms with van der Waals surface area (Å²) in [5.74, 6) is 2.67. The summed E-state index contributed by atoms with van der Waals surface area (Å²) in [5.41, 5.74) is 0.922. The molecule has 3 aromatic heterocycles. The van der Waals surface area contributed by atoms with E-state index in [-0.39, 0.29) is 0 Å². The molecule has 0 radical (unpaired) electrons. The molecule has 0 aromatic carbocycles. The van der Waals surface area contributed by atoms with Gasteiger partial charge in [-0.25, -0.2) is 15.0 Å². The van der Waals surface area contributed by atoms with Crippen LogP contribution in [0.1, 0.15) is 12.8 Å². The van der Waals surface area contributed by atoms with Crippen molar-refractivity contribution in [3.63, 3.8) is 0 Å². The van der Waals surface area contributed by atoms with Crippen molar-refractivity contribution in [3.8, 4) is 0 Å². The van der Waals surface area contributed by atoms with E-state index < -0.39 is 0 Å². The molecule has 8 nitrogen and oxygen atoms in total. The van der Waals surface area contributed by atoms with Crippen LogP contribution in [-0.2, 0) is 0 Å². The molecule has 0 unspecified atom stereocenters. The fraction of sp³-hybridized carbons (Fsp3) is 0.444. The van der Waals surface area contributed by atoms with E-state index in [0.29, 0.717) is 6.04 Å². The van der Waals surface area contributed by atoms with Crippen LogP contribution in [0.4, 0.5) is 17.6 Å². The number of aromatic nitrogens is 5. The second-order valence-corrected chi connectivity index (χ2v) is 6.85. The summed E-state index contributed by atoms with van der Waals surface area (Å²) in [6, 6.07) is 2.43. The topological polar surface area (TPSA) is 65.7 Å². The summed E-state index contributed by atoms with van der Waals surface area (Å²) in [6.45, 7) is 1.92. The maximum absolute atomic E-state index is 4.66. The van der Waals surface area contributed by atoms with E-state index in [1.807, 2.05) is 60.4 Å². The first-order valence-electron chi connectivity index (χ1n) is 8.89. The Balaban J connectivity index is 1.46. The SMILES string of the molecule is CN(C)c1nccc(N(C)C2CCN(c3nccn4ccnc34)CC2)n1. The first kappa shape index (κ1) is 16.6. The molecular formula is C18H24N8. The van der Waals surface area contributed by atoms with Gasteiger partial charge in [0, 0.05) is 71.3 Å². The highest BCUT2D eigenvalue weighted by atomic mass is 15.3. The van der Waals surface area contributed by atoms with Gasteiger partial charge in [-0.1, -0.05) is 0 Å². The van der Waals surface area contributed by atoms with E-state index in [1.165, 1.54) is 0 Å². The molecule has 0 aliphatic carbocycles. The summed E-state index contributed by atoms with van der Waals surface area (Å²) in [5, 5.41) is 0. The summed E-state index contributed by atoms with van der Waals surface area (Å²) >= 11 is 0. The molecule has 0 bridgehead atoms. The summed E-state index contributed by atoms with van der Waals surface area (Å²) < 4.78 is 2.02. The van der Waals surface area contributed by atoms with Gasteiger partial charge in [-0.15, -0.1) is 0 Å². The fourth-order valence-electron chi connectivity index (χ4n) is 3.47. The molecular weight excluding hydrogens is 328 g/mol. The van der Waals surface area contributed by atoms with Crippen molar-refractivity contribution < 1.29 is 0 Å². The lowest BCUT2D eigenvalue weighted by atomic mass is 10.0. The van der Waals surface area contributed by atoms with E-state index in [4.69, 9.17) is 0 Å². The summed E-state index contributed by atoms with van der Waals surface area (Å²) in [6.07, 6.45) is 11.5. The fourth-order valence-corrected chi connectivity index (χ4v) is 3.47. The van der Waals surface area contributed by atoms with Gasteiger partial charge in [0.25, 0.3) is 0 Å². The van der Waals surface area contributed by atoms with E-state index >= 15 is 0 Å². The monoisotopic (exact) mass is 352 g/mol. The van der Waals surface area contributed by atoms with Crippen LogP contribution >= 0.6 is 0 Å². The van der Waals surface area contributed by atoms with Gasteiger partial charge in [0.15, 0.2) is 11.5 Å². The molecule has 1 aliphatic rings. The van der Waals surface area contributed by atoms with Crippen LogP contribution in [0.2, 0.25) is 0 Å². The quantitative estimate of drug-likeness (QED) is 0.708. The molecule has 136 valence electrons. The molecule has 1 saturated heterocycles. The molecule has 8 heteroatoms. The Kier molecular flexibility index (Phi) is 4.32. The van der Waals surface area contributed by atoms with Crippen LogP contribution in [0.3, 0.4) is 0 Å². The predicted molar refractivity (Wildman–Crippen MR) is 103 cm³/mol. The van der Waals surface area contributed by atoms with Crippen LogP contribution in [0.15, 0.2) is 37.1 Å². The van der Waals surface area contributed by atoms with Gasteiger partial charge < -0.3 is 19.1 Å². The third-order valence-electron chi connectivity index (χ3n) is 4.99. The highest BCUT2D eigenvalue weighted by Gasteiger charge is 2.25. The van der Waals surface area contributed by atoms with E-state index in [9.17, 15) is 0 Å². The number of hydrogen-bond donors (Lipinski definition) is 0. The van der Waals surface area contributed by atoms with Gasteiger partial charge >= 0.3 is 0 Å². The summed E-state index contributed by atoms with van der Waals surface area (Å²) in [7, 11) is 6.04. The van der Waals surface area contributed by atoms with Crippen molar-refractivity contribution in [1.29, 1.82) is 0 Å². The molecule has 1 fully saturated rings. The van der Waals surface area contributed by atoms with Gasteiger partial charge in [0.05, 0.1) is 0 Å². The average Bonchev–Trinajstić information content (AvgIpc) is 3.16. The van der Waals surface area contributed by atoms with E-state index in [0.717, 1.165) is 49.2 Å². The van der Waals surface area contributed by atoms with Crippen LogP contribution in [0.5, 0.6) is 0 Å². The lowest BCUT2D eigenvalue weighted by Gasteiger charge is -2.37. The first-order valence-corrected chi connectivity index (χ1v) is 8.89. The van der Waals surface area contributed by atoms with Crippen LogP contribution < -0.4 is 14.7 Å². The molecule has 3 aromatic rings. The molecule has 4 rings (SSSR count). The Morgan fingerprint density at radius 2 is 1.69 bits per heavy atom. The van der Waals surface area contributed by atoms with E-state index in [2.05, 4.69) is 36.8 Å². The number of fused-ring (bicyclic) bond motifs is 1. The normalized spacial score (nSPS) is 15.4. The van der Waals surface area contributed by atoms with E-state index in [1.54, 1.807) is 0 Å². The Hall–Kier alpha value is -2.90. The van der Waals surface area contributed by atoms with Gasteiger partial charge in [-0.3, -0.25) is 0 Å². The highest BCUT2D eigenvalue weighted by molar-refractivity contribution is 5.64. The predicted octanol–water partition coefficient (Wildman–Crippen LogP) is 1.69. The standard InChI is InChI=1S/C18H24N8/c1-23(2)18-21-7-4-15(22-18)24(3)14-5-10-25(11-6-14)16-17-20-9-13-26(17)12-8-19-16/h4,7-9,12-14H,5-6,10-11H2,1-3H3. The molecule has 0 atom stereocenters. The number of hydrogen-bond acceptors (Lipinski definition) is 7. The third kappa shape index (κ3) is 3.02. The van der Waals surface area contributed by atoms with Crippen molar-refractivity contribution in [3.05, 3.63) is 37.1 Å². The largest absolute Gasteiger partial charge is 0.356 e. The second kappa shape index (κ2) is 6.78. The smallest absolute Gasteiger partial charge is 0.226 e. The van der Waals surface area contributed by atoms with Crippen LogP contribution in [-0.4, -0.2) is 64.6 Å². The maximum Gasteiger partial charge on any atom is 0.226 e. The first-order chi connectivity index (χ1) is 12.6. The van der Waals surface area contributed by atoms with Gasteiger partial charge in [0.1, 0.15) is 5.82 Å². The molecule has 0 saturated carbocycles. The zero-order valence-electron chi connectivity index (χ0n) is 15.4. The number of rotatable bonds is 4. The number of imidazole rings is 1. The minimum atomic E-state index is 0.454. The Morgan fingerprint density at radius 1 is 0.962 bits per heavy atom. The highest BCUT2D eigenvalue weighted by Crippen LogP contribution is 2.25. The van der Waals surface area contributed by atoms with Crippen LogP contribution in [0, 0.1) is 0 Å². The molecule has 4 heterocycles. The van der Waals surface area contributed by atoms with Crippen molar-refractivity contribution in [1.82, 2.24) is 24.3 Å². The minimum Gasteiger partial charge on any atom is -0.356 e. The zero-order chi connectivity index (χ0) is 18.1.